The topological polar surface area (TPSA) is 122 Å². The molecule has 3 amide bonds. The normalized spacial score (nSPS) is 16.7. The summed E-state index contributed by atoms with van der Waals surface area (Å²) in [6.07, 6.45) is 16.2. The molecular formula is C37H56N4O5. The lowest BCUT2D eigenvalue weighted by atomic mass is 9.82. The van der Waals surface area contributed by atoms with Crippen LogP contribution in [0.3, 0.4) is 0 Å². The van der Waals surface area contributed by atoms with Crippen molar-refractivity contribution in [2.24, 2.45) is 11.8 Å². The van der Waals surface area contributed by atoms with E-state index in [1.165, 1.54) is 6.42 Å². The summed E-state index contributed by atoms with van der Waals surface area (Å²) in [6, 6.07) is 7.68. The van der Waals surface area contributed by atoms with Gasteiger partial charge in [-0.3, -0.25) is 14.4 Å². The van der Waals surface area contributed by atoms with E-state index in [-0.39, 0.29) is 18.7 Å². The van der Waals surface area contributed by atoms with Crippen LogP contribution in [0.5, 0.6) is 0 Å². The number of nitrogens with one attached hydrogen (secondary N) is 2. The number of amides is 3. The fraction of sp³-hybridized carbons (Fsp3) is 0.649. The number of aliphatic hydroxyl groups excluding tert-OH is 2. The van der Waals surface area contributed by atoms with Crippen molar-refractivity contribution in [1.29, 1.82) is 0 Å². The molecule has 0 bridgehead atoms. The molecule has 9 nitrogen and oxygen atoms in total. The predicted molar refractivity (Wildman–Crippen MR) is 182 cm³/mol. The van der Waals surface area contributed by atoms with Gasteiger partial charge in [-0.15, -0.1) is 24.7 Å². The van der Waals surface area contributed by atoms with Gasteiger partial charge in [-0.1, -0.05) is 69.4 Å². The molecule has 2 rings (SSSR count). The number of rotatable bonds is 20. The summed E-state index contributed by atoms with van der Waals surface area (Å²) in [4.78, 5) is 44.4. The molecule has 9 heteroatoms. The van der Waals surface area contributed by atoms with E-state index in [1.807, 2.05) is 44.3 Å². The van der Waals surface area contributed by atoms with Gasteiger partial charge >= 0.3 is 0 Å². The first-order valence-corrected chi connectivity index (χ1v) is 16.9. The number of hydrogen-bond acceptors (Lipinski definition) is 6. The number of aliphatic hydroxyl groups is 2. The minimum Gasteiger partial charge on any atom is -0.390 e. The van der Waals surface area contributed by atoms with E-state index in [0.29, 0.717) is 51.1 Å². The predicted octanol–water partition coefficient (Wildman–Crippen LogP) is 3.13. The molecule has 1 fully saturated rings. The zero-order valence-electron chi connectivity index (χ0n) is 28.1. The molecule has 1 aromatic rings. The van der Waals surface area contributed by atoms with E-state index in [9.17, 15) is 24.6 Å². The highest BCUT2D eigenvalue weighted by atomic mass is 16.3. The monoisotopic (exact) mass is 636 g/mol. The quantitative estimate of drug-likeness (QED) is 0.129. The molecule has 0 radical (unpaired) electrons. The van der Waals surface area contributed by atoms with Crippen LogP contribution in [0.15, 0.2) is 30.3 Å². The van der Waals surface area contributed by atoms with Crippen molar-refractivity contribution in [3.8, 4) is 24.7 Å². The average Bonchev–Trinajstić information content (AvgIpc) is 3.06. The second kappa shape index (κ2) is 21.4. The number of carbonyl (C=O) groups is 3. The Kier molecular flexibility index (Phi) is 18.1. The molecule has 0 aliphatic heterocycles. The highest BCUT2D eigenvalue weighted by molar-refractivity contribution is 5.91. The van der Waals surface area contributed by atoms with E-state index in [1.54, 1.807) is 11.9 Å². The van der Waals surface area contributed by atoms with Crippen LogP contribution in [0.4, 0.5) is 0 Å². The van der Waals surface area contributed by atoms with Crippen LogP contribution in [-0.4, -0.2) is 95.8 Å². The van der Waals surface area contributed by atoms with Crippen LogP contribution in [0.2, 0.25) is 0 Å². The van der Waals surface area contributed by atoms with E-state index in [2.05, 4.69) is 27.4 Å². The lowest BCUT2D eigenvalue weighted by molar-refractivity contribution is -0.137. The average molecular weight is 637 g/mol. The van der Waals surface area contributed by atoms with E-state index < -0.39 is 42.0 Å². The fourth-order valence-corrected chi connectivity index (χ4v) is 5.94. The van der Waals surface area contributed by atoms with Gasteiger partial charge in [-0.05, 0) is 50.8 Å². The zero-order chi connectivity index (χ0) is 33.9. The van der Waals surface area contributed by atoms with Crippen LogP contribution in [0.25, 0.3) is 0 Å². The minimum absolute atomic E-state index is 0.0235. The first kappa shape index (κ1) is 38.8. The van der Waals surface area contributed by atoms with Crippen molar-refractivity contribution < 1.29 is 24.6 Å². The number of terminal acetylenes is 2. The molecule has 0 spiro atoms. The van der Waals surface area contributed by atoms with Gasteiger partial charge in [-0.2, -0.15) is 0 Å². The van der Waals surface area contributed by atoms with Crippen molar-refractivity contribution >= 4 is 17.7 Å². The second-order valence-corrected chi connectivity index (χ2v) is 12.8. The number of hydrogen-bond donors (Lipinski definition) is 4. The van der Waals surface area contributed by atoms with Crippen molar-refractivity contribution in [3.63, 3.8) is 0 Å². The molecule has 1 saturated carbocycles. The van der Waals surface area contributed by atoms with Gasteiger partial charge in [0, 0.05) is 39.4 Å². The van der Waals surface area contributed by atoms with Crippen LogP contribution < -0.4 is 10.6 Å². The first-order chi connectivity index (χ1) is 22.1. The summed E-state index contributed by atoms with van der Waals surface area (Å²) >= 11 is 0. The van der Waals surface area contributed by atoms with Gasteiger partial charge in [0.05, 0.1) is 24.2 Å². The molecule has 1 aliphatic rings. The smallest absolute Gasteiger partial charge is 0.243 e. The van der Waals surface area contributed by atoms with Gasteiger partial charge in [0.25, 0.3) is 0 Å². The van der Waals surface area contributed by atoms with Crippen LogP contribution in [0.1, 0.15) is 83.1 Å². The second-order valence-electron chi connectivity index (χ2n) is 12.8. The Labute approximate surface area is 276 Å². The number of unbranched alkanes of at least 4 members (excludes halogenated alkanes) is 1. The highest BCUT2D eigenvalue weighted by Crippen LogP contribution is 2.29. The SMILES string of the molecule is C#CCCCC(O)[C@H](O)C(CC1CCCCC1)NC(=O)[C@H](CC#C)NC(=O)C(CC(=O)N(C)CCN(C)CC)Cc1ccccc1. The summed E-state index contributed by atoms with van der Waals surface area (Å²) in [6.45, 7) is 4.16. The van der Waals surface area contributed by atoms with Crippen molar-refractivity contribution in [2.45, 2.75) is 108 Å². The van der Waals surface area contributed by atoms with Gasteiger partial charge in [0.2, 0.25) is 17.7 Å². The zero-order valence-corrected chi connectivity index (χ0v) is 28.1. The maximum absolute atomic E-state index is 13.8. The third-order valence-corrected chi connectivity index (χ3v) is 9.12. The Morgan fingerprint density at radius 2 is 1.67 bits per heavy atom. The maximum Gasteiger partial charge on any atom is 0.243 e. The number of carbonyl (C=O) groups excluding carboxylic acids is 3. The highest BCUT2D eigenvalue weighted by Gasteiger charge is 2.34. The third-order valence-electron chi connectivity index (χ3n) is 9.12. The molecule has 4 N–H and O–H groups in total. The summed E-state index contributed by atoms with van der Waals surface area (Å²) in [5.74, 6) is 3.50. The summed E-state index contributed by atoms with van der Waals surface area (Å²) in [5, 5.41) is 27.7. The Morgan fingerprint density at radius 3 is 2.30 bits per heavy atom. The molecule has 46 heavy (non-hydrogen) atoms. The van der Waals surface area contributed by atoms with Gasteiger partial charge in [0.1, 0.15) is 6.04 Å². The molecule has 0 aromatic heterocycles. The van der Waals surface area contributed by atoms with E-state index >= 15 is 0 Å². The lowest BCUT2D eigenvalue weighted by Crippen LogP contribution is -2.56. The summed E-state index contributed by atoms with van der Waals surface area (Å²) in [7, 11) is 3.72. The van der Waals surface area contributed by atoms with Gasteiger partial charge in [0.15, 0.2) is 0 Å². The minimum atomic E-state index is -1.20. The maximum atomic E-state index is 13.8. The number of nitrogens with zero attached hydrogens (tertiary/aromatic N) is 2. The molecule has 0 saturated heterocycles. The van der Waals surface area contributed by atoms with Crippen LogP contribution in [-0.2, 0) is 20.8 Å². The standard InChI is InChI=1S/C37H56N4O5/c1-6-9-12-22-33(42)35(44)32(26-29-20-15-11-16-21-29)39-37(46)31(17-7-2)38-36(45)30(25-28-18-13-10-14-19-28)27-34(43)41(5)24-23-40(4)8-3/h1-2,10,13-14,18-19,29-33,35,42,44H,8-9,11-12,15-17,20-27H2,3-5H3,(H,38,45)(H,39,46)/t30?,31-,32?,33?,35+/m0/s1. The van der Waals surface area contributed by atoms with E-state index in [4.69, 9.17) is 12.8 Å². The largest absolute Gasteiger partial charge is 0.390 e. The molecule has 1 aromatic carbocycles. The first-order valence-electron chi connectivity index (χ1n) is 16.9. The molecule has 5 atom stereocenters. The van der Waals surface area contributed by atoms with Crippen LogP contribution in [0, 0.1) is 36.5 Å². The molecule has 0 heterocycles. The molecule has 254 valence electrons. The number of benzene rings is 1. The van der Waals surface area contributed by atoms with Crippen molar-refractivity contribution in [2.75, 3.05) is 33.7 Å². The lowest BCUT2D eigenvalue weighted by Gasteiger charge is -2.33. The Hall–Kier alpha value is -3.37. The third kappa shape index (κ3) is 14.0. The Bertz CT molecular complexity index is 1140. The molecule has 1 aliphatic carbocycles. The summed E-state index contributed by atoms with van der Waals surface area (Å²) in [5.41, 5.74) is 0.899. The number of likely N-dealkylation sites (N-methyl/N-ethyl adjacent to an activating group) is 2. The molecular weight excluding hydrogens is 580 g/mol. The Balaban J connectivity index is 2.20. The molecule has 3 unspecified atom stereocenters. The Morgan fingerprint density at radius 1 is 0.978 bits per heavy atom. The summed E-state index contributed by atoms with van der Waals surface area (Å²) < 4.78 is 0. The van der Waals surface area contributed by atoms with Crippen molar-refractivity contribution in [3.05, 3.63) is 35.9 Å². The van der Waals surface area contributed by atoms with Crippen LogP contribution >= 0.6 is 0 Å². The van der Waals surface area contributed by atoms with Gasteiger partial charge in [-0.25, -0.2) is 0 Å². The van der Waals surface area contributed by atoms with E-state index in [0.717, 1.165) is 37.8 Å². The fourth-order valence-electron chi connectivity index (χ4n) is 5.94. The van der Waals surface area contributed by atoms with Gasteiger partial charge < -0.3 is 30.6 Å². The van der Waals surface area contributed by atoms with Crippen molar-refractivity contribution in [1.82, 2.24) is 20.4 Å².